The summed E-state index contributed by atoms with van der Waals surface area (Å²) >= 11 is -1.39. The van der Waals surface area contributed by atoms with E-state index in [0.717, 1.165) is 0 Å². The molecule has 0 spiro atoms. The van der Waals surface area contributed by atoms with Crippen molar-refractivity contribution in [1.82, 2.24) is 4.90 Å². The van der Waals surface area contributed by atoms with Crippen LogP contribution in [0.15, 0.2) is 58.8 Å². The van der Waals surface area contributed by atoms with Gasteiger partial charge in [-0.2, -0.15) is 0 Å². The molecular formula is C14H14ClNO5S. The first-order valence-electron chi connectivity index (χ1n) is 6.04. The molecule has 0 saturated heterocycles. The monoisotopic (exact) mass is 343 g/mol. The minimum Gasteiger partial charge on any atom is -0.610 e. The molecule has 0 aromatic heterocycles. The summed E-state index contributed by atoms with van der Waals surface area (Å²) in [5, 5.41) is 18.0. The number of aliphatic carboxylic acids is 2. The van der Waals surface area contributed by atoms with E-state index >= 15 is 0 Å². The van der Waals surface area contributed by atoms with E-state index in [1.165, 1.54) is 17.3 Å². The van der Waals surface area contributed by atoms with Gasteiger partial charge in [-0.15, -0.1) is 12.4 Å². The molecule has 6 nitrogen and oxygen atoms in total. The van der Waals surface area contributed by atoms with Crippen molar-refractivity contribution in [2.75, 3.05) is 5.88 Å². The number of rotatable bonds is 5. The molecule has 1 aromatic carbocycles. The molecular weight excluding hydrogens is 330 g/mol. The number of halogens is 1. The standard InChI is InChI=1S/C14H13NO5S.ClH/c16-13(17)10-6-11(14(18)19)8-15(7-10)9-21(20)12-4-2-1-3-5-12;/h1-5,7-8H,6,9H2,(H,16,17)(H,18,19);1H. The fourth-order valence-electron chi connectivity index (χ4n) is 1.85. The quantitative estimate of drug-likeness (QED) is 0.791. The van der Waals surface area contributed by atoms with Crippen molar-refractivity contribution in [3.63, 3.8) is 0 Å². The van der Waals surface area contributed by atoms with Crippen LogP contribution in [0.1, 0.15) is 6.42 Å². The third-order valence-corrected chi connectivity index (χ3v) is 4.18. The number of carboxylic acids is 2. The molecule has 0 fully saturated rings. The van der Waals surface area contributed by atoms with E-state index in [0.29, 0.717) is 4.90 Å². The summed E-state index contributed by atoms with van der Waals surface area (Å²) in [5.74, 6) is -2.37. The van der Waals surface area contributed by atoms with Gasteiger partial charge in [0.15, 0.2) is 10.8 Å². The Morgan fingerprint density at radius 1 is 1.09 bits per heavy atom. The molecule has 0 radical (unpaired) electrons. The Hall–Kier alpha value is -1.96. The zero-order valence-corrected chi connectivity index (χ0v) is 13.0. The average molecular weight is 344 g/mol. The second kappa shape index (κ2) is 7.88. The van der Waals surface area contributed by atoms with E-state index in [1.54, 1.807) is 30.3 Å². The van der Waals surface area contributed by atoms with Crippen molar-refractivity contribution < 1.29 is 24.4 Å². The fourth-order valence-corrected chi connectivity index (χ4v) is 2.88. The molecule has 0 aliphatic carbocycles. The van der Waals surface area contributed by atoms with Gasteiger partial charge in [-0.1, -0.05) is 18.2 Å². The van der Waals surface area contributed by atoms with Crippen molar-refractivity contribution >= 4 is 35.5 Å². The number of benzene rings is 1. The minimum atomic E-state index is -1.39. The molecule has 1 atom stereocenters. The molecule has 2 N–H and O–H groups in total. The summed E-state index contributed by atoms with van der Waals surface area (Å²) in [6.45, 7) is 0. The lowest BCUT2D eigenvalue weighted by Gasteiger charge is -2.23. The van der Waals surface area contributed by atoms with Gasteiger partial charge in [-0.05, 0) is 12.1 Å². The molecule has 0 amide bonds. The highest BCUT2D eigenvalue weighted by Crippen LogP contribution is 2.21. The zero-order chi connectivity index (χ0) is 15.4. The number of carboxylic acid groups (broad SMARTS) is 2. The van der Waals surface area contributed by atoms with Gasteiger partial charge in [0.1, 0.15) is 0 Å². The van der Waals surface area contributed by atoms with Crippen LogP contribution in [0.2, 0.25) is 0 Å². The van der Waals surface area contributed by atoms with Crippen molar-refractivity contribution in [3.05, 3.63) is 53.9 Å². The van der Waals surface area contributed by atoms with Gasteiger partial charge in [0, 0.05) is 30.0 Å². The van der Waals surface area contributed by atoms with E-state index in [9.17, 15) is 14.1 Å². The first-order chi connectivity index (χ1) is 9.97. The lowest BCUT2D eigenvalue weighted by atomic mass is 10.0. The van der Waals surface area contributed by atoms with Crippen LogP contribution >= 0.6 is 12.4 Å². The molecule has 0 saturated carbocycles. The Morgan fingerprint density at radius 2 is 1.59 bits per heavy atom. The summed E-state index contributed by atoms with van der Waals surface area (Å²) in [5.41, 5.74) is -0.0834. The number of carbonyl (C=O) groups is 2. The Bertz CT molecular complexity index is 587. The van der Waals surface area contributed by atoms with Crippen LogP contribution in [0.3, 0.4) is 0 Å². The average Bonchev–Trinajstić information content (AvgIpc) is 2.47. The topological polar surface area (TPSA) is 101 Å². The summed E-state index contributed by atoms with van der Waals surface area (Å²) in [4.78, 5) is 24.0. The molecule has 2 rings (SSSR count). The maximum atomic E-state index is 12.2. The van der Waals surface area contributed by atoms with Crippen molar-refractivity contribution in [3.8, 4) is 0 Å². The van der Waals surface area contributed by atoms with Crippen molar-refractivity contribution in [2.45, 2.75) is 11.3 Å². The molecule has 1 aromatic rings. The van der Waals surface area contributed by atoms with Crippen LogP contribution in [-0.2, 0) is 20.8 Å². The molecule has 8 heteroatoms. The lowest BCUT2D eigenvalue weighted by Crippen LogP contribution is -2.26. The minimum absolute atomic E-state index is 0. The highest BCUT2D eigenvalue weighted by molar-refractivity contribution is 7.91. The molecule has 1 unspecified atom stereocenters. The summed E-state index contributed by atoms with van der Waals surface area (Å²) < 4.78 is 12.2. The van der Waals surface area contributed by atoms with Crippen molar-refractivity contribution in [1.29, 1.82) is 0 Å². The Kier molecular flexibility index (Phi) is 6.48. The van der Waals surface area contributed by atoms with Crippen molar-refractivity contribution in [2.24, 2.45) is 0 Å². The third kappa shape index (κ3) is 4.52. The van der Waals surface area contributed by atoms with Crippen LogP contribution in [-0.4, -0.2) is 37.5 Å². The first-order valence-corrected chi connectivity index (χ1v) is 7.36. The maximum absolute atomic E-state index is 12.2. The van der Waals surface area contributed by atoms with Crippen LogP contribution in [0.25, 0.3) is 0 Å². The molecule has 1 aliphatic heterocycles. The molecule has 118 valence electrons. The number of hydrogen-bond donors (Lipinski definition) is 2. The van der Waals surface area contributed by atoms with Crippen LogP contribution in [0.5, 0.6) is 0 Å². The third-order valence-electron chi connectivity index (χ3n) is 2.85. The van der Waals surface area contributed by atoms with Gasteiger partial charge >= 0.3 is 11.9 Å². The predicted octanol–water partition coefficient (Wildman–Crippen LogP) is 1.82. The Balaban J connectivity index is 0.00000242. The summed E-state index contributed by atoms with van der Waals surface area (Å²) in [7, 11) is 0. The fraction of sp³-hybridized carbons (Fsp3) is 0.143. The summed E-state index contributed by atoms with van der Waals surface area (Å²) in [6, 6.07) is 8.70. The normalized spacial score (nSPS) is 15.2. The highest BCUT2D eigenvalue weighted by Gasteiger charge is 2.24. The number of hydrogen-bond acceptors (Lipinski definition) is 4. The summed E-state index contributed by atoms with van der Waals surface area (Å²) in [6.07, 6.45) is 2.48. The van der Waals surface area contributed by atoms with Gasteiger partial charge < -0.3 is 19.7 Å². The maximum Gasteiger partial charge on any atom is 0.333 e. The Labute approximate surface area is 136 Å². The second-order valence-electron chi connectivity index (χ2n) is 4.40. The zero-order valence-electron chi connectivity index (χ0n) is 11.3. The highest BCUT2D eigenvalue weighted by atomic mass is 35.5. The SMILES string of the molecule is Cl.O=C(O)C1=CN(C[S+]([O-])c2ccccc2)C=C(C(=O)O)C1. The number of nitrogens with zero attached hydrogens (tertiary/aromatic N) is 1. The molecule has 1 aliphatic rings. The van der Waals surface area contributed by atoms with Gasteiger partial charge in [-0.25, -0.2) is 9.59 Å². The van der Waals surface area contributed by atoms with E-state index in [4.69, 9.17) is 10.2 Å². The smallest absolute Gasteiger partial charge is 0.333 e. The van der Waals surface area contributed by atoms with Crippen LogP contribution in [0.4, 0.5) is 0 Å². The largest absolute Gasteiger partial charge is 0.610 e. The van der Waals surface area contributed by atoms with E-state index in [1.807, 2.05) is 0 Å². The van der Waals surface area contributed by atoms with E-state index in [2.05, 4.69) is 0 Å². The molecule has 1 heterocycles. The molecule has 0 bridgehead atoms. The first kappa shape index (κ1) is 18.1. The lowest BCUT2D eigenvalue weighted by molar-refractivity contribution is -0.133. The van der Waals surface area contributed by atoms with Gasteiger partial charge in [0.25, 0.3) is 0 Å². The Morgan fingerprint density at radius 3 is 2.05 bits per heavy atom. The second-order valence-corrected chi connectivity index (χ2v) is 5.82. The van der Waals surface area contributed by atoms with E-state index in [-0.39, 0.29) is 35.9 Å². The predicted molar refractivity (Wildman–Crippen MR) is 82.9 cm³/mol. The van der Waals surface area contributed by atoms with Crippen LogP contribution < -0.4 is 0 Å². The van der Waals surface area contributed by atoms with Crippen LogP contribution in [0, 0.1) is 0 Å². The van der Waals surface area contributed by atoms with E-state index < -0.39 is 23.1 Å². The molecule has 22 heavy (non-hydrogen) atoms. The van der Waals surface area contributed by atoms with Gasteiger partial charge in [0.05, 0.1) is 11.1 Å². The van der Waals surface area contributed by atoms with Gasteiger partial charge in [-0.3, -0.25) is 0 Å². The van der Waals surface area contributed by atoms with Gasteiger partial charge in [0.2, 0.25) is 0 Å².